The number of carbonyl (C=O) groups is 2. The minimum Gasteiger partial charge on any atom is -0.454 e. The molecule has 0 unspecified atom stereocenters. The van der Waals surface area contributed by atoms with Gasteiger partial charge in [-0.05, 0) is 36.2 Å². The summed E-state index contributed by atoms with van der Waals surface area (Å²) in [5.74, 6) is 0.830. The van der Waals surface area contributed by atoms with Gasteiger partial charge in [-0.3, -0.25) is 14.6 Å². The number of pyridine rings is 1. The molecule has 2 N–H and O–H groups in total. The minimum atomic E-state index is -0.274. The summed E-state index contributed by atoms with van der Waals surface area (Å²) in [4.78, 5) is 28.4. The van der Waals surface area contributed by atoms with E-state index >= 15 is 0 Å². The molecule has 2 heterocycles. The van der Waals surface area contributed by atoms with Crippen molar-refractivity contribution in [3.63, 3.8) is 0 Å². The second kappa shape index (κ2) is 8.33. The van der Waals surface area contributed by atoms with Gasteiger partial charge in [0.25, 0.3) is 11.8 Å². The Morgan fingerprint density at radius 3 is 2.77 bits per heavy atom. The first-order valence-electron chi connectivity index (χ1n) is 8.58. The monoisotopic (exact) mass is 355 g/mol. The van der Waals surface area contributed by atoms with E-state index in [1.807, 2.05) is 18.2 Å². The average Bonchev–Trinajstić information content (AvgIpc) is 3.14. The zero-order valence-corrected chi connectivity index (χ0v) is 14.6. The van der Waals surface area contributed by atoms with Crippen molar-refractivity contribution in [1.29, 1.82) is 0 Å². The fourth-order valence-electron chi connectivity index (χ4n) is 2.50. The molecule has 1 aliphatic rings. The van der Waals surface area contributed by atoms with Crippen LogP contribution in [0.15, 0.2) is 36.5 Å². The van der Waals surface area contributed by atoms with E-state index in [4.69, 9.17) is 9.47 Å². The lowest BCUT2D eigenvalue weighted by Gasteiger charge is -2.08. The predicted molar refractivity (Wildman–Crippen MR) is 95.2 cm³/mol. The smallest absolute Gasteiger partial charge is 0.269 e. The highest BCUT2D eigenvalue weighted by atomic mass is 16.7. The van der Waals surface area contributed by atoms with Crippen LogP contribution in [0.5, 0.6) is 11.5 Å². The Balaban J connectivity index is 1.59. The number of amides is 2. The van der Waals surface area contributed by atoms with Crippen molar-refractivity contribution in [3.8, 4) is 11.5 Å². The van der Waals surface area contributed by atoms with Crippen molar-refractivity contribution in [2.75, 3.05) is 13.3 Å². The molecule has 136 valence electrons. The van der Waals surface area contributed by atoms with Crippen molar-refractivity contribution in [3.05, 3.63) is 53.3 Å². The predicted octanol–water partition coefficient (Wildman–Crippen LogP) is 2.27. The van der Waals surface area contributed by atoms with Gasteiger partial charge in [0.1, 0.15) is 5.69 Å². The first kappa shape index (κ1) is 17.7. The molecule has 0 saturated heterocycles. The van der Waals surface area contributed by atoms with Crippen LogP contribution in [0, 0.1) is 0 Å². The minimum absolute atomic E-state index is 0.214. The van der Waals surface area contributed by atoms with Crippen LogP contribution in [-0.4, -0.2) is 30.1 Å². The van der Waals surface area contributed by atoms with E-state index in [1.54, 1.807) is 6.07 Å². The van der Waals surface area contributed by atoms with E-state index in [-0.39, 0.29) is 24.3 Å². The molecule has 26 heavy (non-hydrogen) atoms. The molecule has 1 aromatic carbocycles. The fourth-order valence-corrected chi connectivity index (χ4v) is 2.50. The molecular formula is C19H21N3O4. The van der Waals surface area contributed by atoms with Gasteiger partial charge in [0.15, 0.2) is 11.5 Å². The Morgan fingerprint density at radius 2 is 1.92 bits per heavy atom. The van der Waals surface area contributed by atoms with Gasteiger partial charge in [0, 0.05) is 24.8 Å². The highest BCUT2D eigenvalue weighted by Gasteiger charge is 2.14. The summed E-state index contributed by atoms with van der Waals surface area (Å²) in [6, 6.07) is 8.60. The highest BCUT2D eigenvalue weighted by Crippen LogP contribution is 2.32. The maximum atomic E-state index is 12.4. The van der Waals surface area contributed by atoms with Crippen molar-refractivity contribution >= 4 is 11.8 Å². The molecule has 7 nitrogen and oxygen atoms in total. The molecule has 0 radical (unpaired) electrons. The number of nitrogens with zero attached hydrogens (tertiary/aromatic N) is 1. The zero-order valence-electron chi connectivity index (χ0n) is 14.6. The number of hydrogen-bond acceptors (Lipinski definition) is 5. The lowest BCUT2D eigenvalue weighted by atomic mass is 10.1. The van der Waals surface area contributed by atoms with E-state index in [1.165, 1.54) is 12.3 Å². The highest BCUT2D eigenvalue weighted by molar-refractivity contribution is 5.98. The normalized spacial score (nSPS) is 11.9. The van der Waals surface area contributed by atoms with E-state index in [9.17, 15) is 9.59 Å². The molecule has 0 spiro atoms. The van der Waals surface area contributed by atoms with Gasteiger partial charge in [0.2, 0.25) is 6.79 Å². The van der Waals surface area contributed by atoms with Crippen LogP contribution in [-0.2, 0) is 6.54 Å². The fraction of sp³-hybridized carbons (Fsp3) is 0.316. The van der Waals surface area contributed by atoms with Crippen LogP contribution in [0.1, 0.15) is 46.2 Å². The lowest BCUT2D eigenvalue weighted by Crippen LogP contribution is -2.27. The number of nitrogens with one attached hydrogen (secondary N) is 2. The average molecular weight is 355 g/mol. The molecule has 0 aliphatic carbocycles. The molecular weight excluding hydrogens is 334 g/mol. The summed E-state index contributed by atoms with van der Waals surface area (Å²) in [7, 11) is 0. The number of fused-ring (bicyclic) bond motifs is 1. The molecule has 0 bridgehead atoms. The van der Waals surface area contributed by atoms with E-state index in [0.29, 0.717) is 30.2 Å². The molecule has 0 atom stereocenters. The van der Waals surface area contributed by atoms with Crippen LogP contribution in [0.25, 0.3) is 0 Å². The Kier molecular flexibility index (Phi) is 5.68. The molecule has 1 aromatic heterocycles. The van der Waals surface area contributed by atoms with Gasteiger partial charge in [-0.15, -0.1) is 0 Å². The Morgan fingerprint density at radius 1 is 1.08 bits per heavy atom. The summed E-state index contributed by atoms with van der Waals surface area (Å²) in [6.07, 6.45) is 3.36. The second-order valence-electron chi connectivity index (χ2n) is 5.91. The van der Waals surface area contributed by atoms with Gasteiger partial charge < -0.3 is 20.1 Å². The number of ether oxygens (including phenoxy) is 2. The number of aromatic nitrogens is 1. The third kappa shape index (κ3) is 4.30. The van der Waals surface area contributed by atoms with Crippen LogP contribution in [0.3, 0.4) is 0 Å². The van der Waals surface area contributed by atoms with Gasteiger partial charge in [0.05, 0.1) is 0 Å². The lowest BCUT2D eigenvalue weighted by molar-refractivity contribution is 0.0948. The van der Waals surface area contributed by atoms with Gasteiger partial charge in [-0.1, -0.05) is 19.4 Å². The number of unbranched alkanes of at least 4 members (excludes halogenated alkanes) is 1. The standard InChI is InChI=1S/C19H21N3O4/c1-2-3-7-21-19(24)15-10-14(6-8-20-15)18(23)22-11-13-4-5-16-17(9-13)26-12-25-16/h4-6,8-10H,2-3,7,11-12H2,1H3,(H,21,24)(H,22,23). The van der Waals surface area contributed by atoms with Crippen LogP contribution in [0.4, 0.5) is 0 Å². The molecule has 0 fully saturated rings. The Labute approximate surface area is 151 Å². The van der Waals surface area contributed by atoms with Gasteiger partial charge >= 0.3 is 0 Å². The van der Waals surface area contributed by atoms with E-state index in [0.717, 1.165) is 18.4 Å². The first-order chi connectivity index (χ1) is 12.7. The van der Waals surface area contributed by atoms with Crippen LogP contribution < -0.4 is 20.1 Å². The summed E-state index contributed by atoms with van der Waals surface area (Å²) >= 11 is 0. The first-order valence-corrected chi connectivity index (χ1v) is 8.58. The van der Waals surface area contributed by atoms with Crippen molar-refractivity contribution in [1.82, 2.24) is 15.6 Å². The Bertz CT molecular complexity index is 807. The van der Waals surface area contributed by atoms with Crippen LogP contribution >= 0.6 is 0 Å². The topological polar surface area (TPSA) is 89.6 Å². The maximum absolute atomic E-state index is 12.4. The third-order valence-corrected chi connectivity index (χ3v) is 3.96. The number of rotatable bonds is 7. The Hall–Kier alpha value is -3.09. The number of hydrogen-bond donors (Lipinski definition) is 2. The van der Waals surface area contributed by atoms with Crippen molar-refractivity contribution in [2.45, 2.75) is 26.3 Å². The third-order valence-electron chi connectivity index (χ3n) is 3.96. The summed E-state index contributed by atoms with van der Waals surface area (Å²) in [6.45, 7) is 3.20. The summed E-state index contributed by atoms with van der Waals surface area (Å²) < 4.78 is 10.6. The number of carbonyl (C=O) groups excluding carboxylic acids is 2. The number of benzene rings is 1. The van der Waals surface area contributed by atoms with Gasteiger partial charge in [-0.2, -0.15) is 0 Å². The largest absolute Gasteiger partial charge is 0.454 e. The quantitative estimate of drug-likeness (QED) is 0.744. The van der Waals surface area contributed by atoms with E-state index in [2.05, 4.69) is 22.5 Å². The second-order valence-corrected chi connectivity index (χ2v) is 5.91. The molecule has 2 aromatic rings. The van der Waals surface area contributed by atoms with E-state index < -0.39 is 0 Å². The van der Waals surface area contributed by atoms with Crippen molar-refractivity contribution in [2.24, 2.45) is 0 Å². The van der Waals surface area contributed by atoms with Gasteiger partial charge in [-0.25, -0.2) is 0 Å². The van der Waals surface area contributed by atoms with Crippen molar-refractivity contribution < 1.29 is 19.1 Å². The van der Waals surface area contributed by atoms with Crippen LogP contribution in [0.2, 0.25) is 0 Å². The molecule has 3 rings (SSSR count). The molecule has 2 amide bonds. The molecule has 7 heteroatoms. The summed E-state index contributed by atoms with van der Waals surface area (Å²) in [5.41, 5.74) is 1.52. The molecule has 0 saturated carbocycles. The maximum Gasteiger partial charge on any atom is 0.269 e. The zero-order chi connectivity index (χ0) is 18.4. The summed E-state index contributed by atoms with van der Waals surface area (Å²) in [5, 5.41) is 5.62. The SMILES string of the molecule is CCCCNC(=O)c1cc(C(=O)NCc2ccc3c(c2)OCO3)ccn1. The molecule has 1 aliphatic heterocycles.